The van der Waals surface area contributed by atoms with E-state index in [0.717, 1.165) is 16.9 Å². The van der Waals surface area contributed by atoms with Crippen LogP contribution in [0.15, 0.2) is 18.2 Å². The van der Waals surface area contributed by atoms with Gasteiger partial charge in [-0.05, 0) is 30.2 Å². The van der Waals surface area contributed by atoms with E-state index in [-0.39, 0.29) is 6.61 Å². The predicted octanol–water partition coefficient (Wildman–Crippen LogP) is 1.21. The molecule has 1 aromatic carbocycles. The van der Waals surface area contributed by atoms with Crippen molar-refractivity contribution < 1.29 is 9.84 Å². The van der Waals surface area contributed by atoms with E-state index in [1.807, 2.05) is 25.1 Å². The third-order valence-corrected chi connectivity index (χ3v) is 2.11. The summed E-state index contributed by atoms with van der Waals surface area (Å²) in [5.41, 5.74) is 7.83. The number of ether oxygens (including phenoxy) is 1. The molecule has 0 saturated carbocycles. The topological polar surface area (TPSA) is 55.5 Å². The average Bonchev–Trinajstić information content (AvgIpc) is 2.18. The van der Waals surface area contributed by atoms with Crippen molar-refractivity contribution >= 4 is 0 Å². The fraction of sp³-hybridized carbons (Fsp3) is 0.455. The molecule has 0 spiro atoms. The monoisotopic (exact) mass is 195 g/mol. The standard InChI is InChI=1S/C11H17NO2/c1-9-7-11(14-6-2-5-13)4-3-10(9)8-12/h3-4,7,13H,2,5-6,8,12H2,1H3. The highest BCUT2D eigenvalue weighted by atomic mass is 16.5. The van der Waals surface area contributed by atoms with Gasteiger partial charge in [-0.2, -0.15) is 0 Å². The van der Waals surface area contributed by atoms with Crippen LogP contribution in [0.25, 0.3) is 0 Å². The van der Waals surface area contributed by atoms with Gasteiger partial charge in [0.05, 0.1) is 6.61 Å². The molecule has 0 unspecified atom stereocenters. The van der Waals surface area contributed by atoms with E-state index in [0.29, 0.717) is 19.6 Å². The maximum absolute atomic E-state index is 8.58. The van der Waals surface area contributed by atoms with Gasteiger partial charge in [-0.15, -0.1) is 0 Å². The molecule has 0 amide bonds. The third kappa shape index (κ3) is 3.01. The zero-order chi connectivity index (χ0) is 10.4. The molecule has 0 fully saturated rings. The largest absolute Gasteiger partial charge is 0.493 e. The van der Waals surface area contributed by atoms with Gasteiger partial charge in [0.1, 0.15) is 5.75 Å². The molecule has 0 radical (unpaired) electrons. The van der Waals surface area contributed by atoms with Crippen LogP contribution in [0.3, 0.4) is 0 Å². The second-order valence-electron chi connectivity index (χ2n) is 3.22. The average molecular weight is 195 g/mol. The Kier molecular flexibility index (Phi) is 4.43. The highest BCUT2D eigenvalue weighted by molar-refractivity contribution is 5.34. The van der Waals surface area contributed by atoms with Crippen molar-refractivity contribution in [1.82, 2.24) is 0 Å². The molecule has 0 aliphatic heterocycles. The first kappa shape index (κ1) is 11.0. The Labute approximate surface area is 84.5 Å². The van der Waals surface area contributed by atoms with Crippen LogP contribution in [0.4, 0.5) is 0 Å². The summed E-state index contributed by atoms with van der Waals surface area (Å²) in [7, 11) is 0. The SMILES string of the molecule is Cc1cc(OCCCO)ccc1CN. The zero-order valence-electron chi connectivity index (χ0n) is 8.49. The number of aryl methyl sites for hydroxylation is 1. The van der Waals surface area contributed by atoms with Crippen LogP contribution in [0, 0.1) is 6.92 Å². The van der Waals surface area contributed by atoms with Crippen LogP contribution in [0.1, 0.15) is 17.5 Å². The lowest BCUT2D eigenvalue weighted by Gasteiger charge is -2.08. The Morgan fingerprint density at radius 3 is 2.79 bits per heavy atom. The summed E-state index contributed by atoms with van der Waals surface area (Å²) in [6.45, 7) is 3.29. The van der Waals surface area contributed by atoms with E-state index >= 15 is 0 Å². The summed E-state index contributed by atoms with van der Waals surface area (Å²) in [6.07, 6.45) is 0.664. The first-order chi connectivity index (χ1) is 6.77. The minimum atomic E-state index is 0.167. The Balaban J connectivity index is 2.57. The van der Waals surface area contributed by atoms with Crippen LogP contribution in [-0.2, 0) is 6.54 Å². The van der Waals surface area contributed by atoms with Crippen LogP contribution in [-0.4, -0.2) is 18.3 Å². The molecule has 0 atom stereocenters. The van der Waals surface area contributed by atoms with E-state index in [1.165, 1.54) is 0 Å². The van der Waals surface area contributed by atoms with Gasteiger partial charge < -0.3 is 15.6 Å². The molecule has 3 heteroatoms. The number of aliphatic hydroxyl groups is 1. The molecule has 1 aromatic rings. The lowest BCUT2D eigenvalue weighted by atomic mass is 10.1. The number of rotatable bonds is 5. The molecule has 3 nitrogen and oxygen atoms in total. The van der Waals surface area contributed by atoms with Crippen molar-refractivity contribution in [3.05, 3.63) is 29.3 Å². The Morgan fingerprint density at radius 1 is 1.43 bits per heavy atom. The van der Waals surface area contributed by atoms with Crippen molar-refractivity contribution in [2.24, 2.45) is 5.73 Å². The molecule has 78 valence electrons. The van der Waals surface area contributed by atoms with Gasteiger partial charge in [-0.3, -0.25) is 0 Å². The summed E-state index contributed by atoms with van der Waals surface area (Å²) in [6, 6.07) is 5.86. The molecule has 0 heterocycles. The number of nitrogens with two attached hydrogens (primary N) is 1. The van der Waals surface area contributed by atoms with Crippen LogP contribution in [0.2, 0.25) is 0 Å². The van der Waals surface area contributed by atoms with E-state index in [2.05, 4.69) is 0 Å². The number of hydrogen-bond acceptors (Lipinski definition) is 3. The Bertz CT molecular complexity index is 287. The van der Waals surface area contributed by atoms with Crippen molar-refractivity contribution in [2.75, 3.05) is 13.2 Å². The summed E-state index contributed by atoms with van der Waals surface area (Å²) in [5.74, 6) is 0.841. The second-order valence-corrected chi connectivity index (χ2v) is 3.22. The molecule has 1 rings (SSSR count). The molecule has 0 aliphatic carbocycles. The molecule has 3 N–H and O–H groups in total. The van der Waals surface area contributed by atoms with Gasteiger partial charge in [0.2, 0.25) is 0 Å². The fourth-order valence-electron chi connectivity index (χ4n) is 1.24. The Hall–Kier alpha value is -1.06. The lowest BCUT2D eigenvalue weighted by Crippen LogP contribution is -2.02. The summed E-state index contributed by atoms with van der Waals surface area (Å²) in [4.78, 5) is 0. The molecule has 0 bridgehead atoms. The van der Waals surface area contributed by atoms with Crippen LogP contribution < -0.4 is 10.5 Å². The minimum Gasteiger partial charge on any atom is -0.493 e. The van der Waals surface area contributed by atoms with Crippen LogP contribution >= 0.6 is 0 Å². The van der Waals surface area contributed by atoms with E-state index in [9.17, 15) is 0 Å². The van der Waals surface area contributed by atoms with Crippen molar-refractivity contribution in [3.63, 3.8) is 0 Å². The molecule has 14 heavy (non-hydrogen) atoms. The Morgan fingerprint density at radius 2 is 2.21 bits per heavy atom. The summed E-state index contributed by atoms with van der Waals surface area (Å²) in [5, 5.41) is 8.58. The maximum atomic E-state index is 8.58. The van der Waals surface area contributed by atoms with Crippen molar-refractivity contribution in [1.29, 1.82) is 0 Å². The summed E-state index contributed by atoms with van der Waals surface area (Å²) < 4.78 is 5.43. The van der Waals surface area contributed by atoms with E-state index < -0.39 is 0 Å². The summed E-state index contributed by atoms with van der Waals surface area (Å²) >= 11 is 0. The van der Waals surface area contributed by atoms with Gasteiger partial charge in [0.25, 0.3) is 0 Å². The fourth-order valence-corrected chi connectivity index (χ4v) is 1.24. The van der Waals surface area contributed by atoms with Crippen molar-refractivity contribution in [3.8, 4) is 5.75 Å². The quantitative estimate of drug-likeness (QED) is 0.694. The highest BCUT2D eigenvalue weighted by Crippen LogP contribution is 2.16. The lowest BCUT2D eigenvalue weighted by molar-refractivity contribution is 0.233. The molecular weight excluding hydrogens is 178 g/mol. The highest BCUT2D eigenvalue weighted by Gasteiger charge is 1.98. The zero-order valence-corrected chi connectivity index (χ0v) is 8.49. The second kappa shape index (κ2) is 5.62. The third-order valence-electron chi connectivity index (χ3n) is 2.11. The normalized spacial score (nSPS) is 10.2. The predicted molar refractivity (Wildman–Crippen MR) is 56.3 cm³/mol. The van der Waals surface area contributed by atoms with Gasteiger partial charge in [-0.25, -0.2) is 0 Å². The smallest absolute Gasteiger partial charge is 0.119 e. The number of benzene rings is 1. The minimum absolute atomic E-state index is 0.167. The van der Waals surface area contributed by atoms with Gasteiger partial charge >= 0.3 is 0 Å². The molecule has 0 aliphatic rings. The van der Waals surface area contributed by atoms with Gasteiger partial charge in [0, 0.05) is 19.6 Å². The first-order valence-corrected chi connectivity index (χ1v) is 4.81. The maximum Gasteiger partial charge on any atom is 0.119 e. The molecule has 0 aromatic heterocycles. The molecule has 0 saturated heterocycles. The van der Waals surface area contributed by atoms with Gasteiger partial charge in [-0.1, -0.05) is 6.07 Å². The van der Waals surface area contributed by atoms with Crippen molar-refractivity contribution in [2.45, 2.75) is 19.9 Å². The van der Waals surface area contributed by atoms with E-state index in [4.69, 9.17) is 15.6 Å². The first-order valence-electron chi connectivity index (χ1n) is 4.81. The number of aliphatic hydroxyl groups excluding tert-OH is 1. The number of hydrogen-bond donors (Lipinski definition) is 2. The van der Waals surface area contributed by atoms with Crippen LogP contribution in [0.5, 0.6) is 5.75 Å². The molecular formula is C11H17NO2. The van der Waals surface area contributed by atoms with E-state index in [1.54, 1.807) is 0 Å². The van der Waals surface area contributed by atoms with Gasteiger partial charge in [0.15, 0.2) is 0 Å².